The fourth-order valence-corrected chi connectivity index (χ4v) is 2.32. The fourth-order valence-electron chi connectivity index (χ4n) is 1.95. The van der Waals surface area contributed by atoms with Crippen LogP contribution < -0.4 is 15.4 Å². The molecule has 22 heavy (non-hydrogen) atoms. The van der Waals surface area contributed by atoms with Crippen molar-refractivity contribution in [2.24, 2.45) is 0 Å². The molecule has 0 radical (unpaired) electrons. The Morgan fingerprint density at radius 1 is 1.18 bits per heavy atom. The summed E-state index contributed by atoms with van der Waals surface area (Å²) in [6.45, 7) is 3.58. The van der Waals surface area contributed by atoms with Crippen molar-refractivity contribution in [2.45, 2.75) is 13.8 Å². The molecule has 0 bridgehead atoms. The number of rotatable bonds is 3. The number of thiocarbonyl (C=S) groups is 1. The number of aryl methyl sites for hydroxylation is 1. The molecule has 6 heteroatoms. The molecular weight excluding hydrogens is 323 g/mol. The van der Waals surface area contributed by atoms with Gasteiger partial charge in [0.15, 0.2) is 5.11 Å². The molecule has 2 N–H and O–H groups in total. The van der Waals surface area contributed by atoms with Crippen LogP contribution in [0.4, 0.5) is 15.8 Å². The maximum absolute atomic E-state index is 13.5. The van der Waals surface area contributed by atoms with E-state index >= 15 is 0 Å². The number of anilines is 2. The first-order valence-corrected chi connectivity index (χ1v) is 7.38. The monoisotopic (exact) mass is 338 g/mol. The highest BCUT2D eigenvalue weighted by molar-refractivity contribution is 7.80. The van der Waals surface area contributed by atoms with E-state index in [1.54, 1.807) is 32.2 Å². The van der Waals surface area contributed by atoms with Crippen LogP contribution in [0.3, 0.4) is 0 Å². The van der Waals surface area contributed by atoms with Crippen LogP contribution in [0.15, 0.2) is 30.3 Å². The molecular formula is C16H16ClFN2OS. The summed E-state index contributed by atoms with van der Waals surface area (Å²) in [7, 11) is 1.55. The van der Waals surface area contributed by atoms with Gasteiger partial charge in [-0.3, -0.25) is 0 Å². The molecule has 0 saturated heterocycles. The number of benzene rings is 2. The average Bonchev–Trinajstić information content (AvgIpc) is 2.47. The van der Waals surface area contributed by atoms with Gasteiger partial charge in [-0.05, 0) is 49.8 Å². The lowest BCUT2D eigenvalue weighted by Crippen LogP contribution is -2.20. The zero-order chi connectivity index (χ0) is 16.3. The van der Waals surface area contributed by atoms with Gasteiger partial charge in [0.1, 0.15) is 11.6 Å². The van der Waals surface area contributed by atoms with Crippen LogP contribution in [0, 0.1) is 19.7 Å². The van der Waals surface area contributed by atoms with E-state index in [0.29, 0.717) is 32.8 Å². The Hall–Kier alpha value is -1.85. The minimum atomic E-state index is -0.285. The standard InChI is InChI=1S/C16H16ClFN2OS/c1-9-7-14(15(21-3)8-11(9)17)20-16(22)19-13-6-4-5-12(18)10(13)2/h4-8H,1-3H3,(H2,19,20,22). The van der Waals surface area contributed by atoms with Gasteiger partial charge in [-0.15, -0.1) is 0 Å². The van der Waals surface area contributed by atoms with Gasteiger partial charge in [0.25, 0.3) is 0 Å². The highest BCUT2D eigenvalue weighted by Gasteiger charge is 2.10. The van der Waals surface area contributed by atoms with Crippen LogP contribution >= 0.6 is 23.8 Å². The molecule has 0 spiro atoms. The van der Waals surface area contributed by atoms with Crippen molar-refractivity contribution < 1.29 is 9.13 Å². The van der Waals surface area contributed by atoms with E-state index in [2.05, 4.69) is 10.6 Å². The van der Waals surface area contributed by atoms with Crippen molar-refractivity contribution in [2.75, 3.05) is 17.7 Å². The van der Waals surface area contributed by atoms with Crippen molar-refractivity contribution in [1.29, 1.82) is 0 Å². The minimum Gasteiger partial charge on any atom is -0.495 e. The maximum Gasteiger partial charge on any atom is 0.175 e. The summed E-state index contributed by atoms with van der Waals surface area (Å²) < 4.78 is 18.8. The van der Waals surface area contributed by atoms with Gasteiger partial charge in [-0.25, -0.2) is 4.39 Å². The maximum atomic E-state index is 13.5. The molecule has 2 rings (SSSR count). The molecule has 0 aliphatic carbocycles. The molecule has 0 fully saturated rings. The van der Waals surface area contributed by atoms with E-state index in [4.69, 9.17) is 28.6 Å². The molecule has 0 amide bonds. The molecule has 2 aromatic carbocycles. The second-order valence-electron chi connectivity index (χ2n) is 4.79. The molecule has 116 valence electrons. The third kappa shape index (κ3) is 3.67. The summed E-state index contributed by atoms with van der Waals surface area (Å²) in [5.74, 6) is 0.295. The first kappa shape index (κ1) is 16.5. The first-order chi connectivity index (χ1) is 10.4. The van der Waals surface area contributed by atoms with Crippen LogP contribution in [0.1, 0.15) is 11.1 Å². The molecule has 0 atom stereocenters. The lowest BCUT2D eigenvalue weighted by atomic mass is 10.2. The van der Waals surface area contributed by atoms with E-state index in [9.17, 15) is 4.39 Å². The molecule has 0 aromatic heterocycles. The predicted molar refractivity (Wildman–Crippen MR) is 93.7 cm³/mol. The van der Waals surface area contributed by atoms with Crippen molar-refractivity contribution in [3.63, 3.8) is 0 Å². The smallest absolute Gasteiger partial charge is 0.175 e. The van der Waals surface area contributed by atoms with Crippen LogP contribution in [0.5, 0.6) is 5.75 Å². The Labute approximate surface area is 139 Å². The van der Waals surface area contributed by atoms with Gasteiger partial charge in [-0.1, -0.05) is 17.7 Å². The van der Waals surface area contributed by atoms with Crippen molar-refractivity contribution in [3.05, 3.63) is 52.3 Å². The van der Waals surface area contributed by atoms with E-state index in [1.165, 1.54) is 6.07 Å². The van der Waals surface area contributed by atoms with E-state index in [0.717, 1.165) is 5.56 Å². The van der Waals surface area contributed by atoms with Gasteiger partial charge in [0.05, 0.1) is 12.8 Å². The largest absolute Gasteiger partial charge is 0.495 e. The normalized spacial score (nSPS) is 10.2. The Morgan fingerprint density at radius 2 is 1.86 bits per heavy atom. The third-order valence-electron chi connectivity index (χ3n) is 3.24. The number of methoxy groups -OCH3 is 1. The number of halogens is 2. The summed E-state index contributed by atoms with van der Waals surface area (Å²) >= 11 is 11.3. The summed E-state index contributed by atoms with van der Waals surface area (Å²) in [4.78, 5) is 0. The quantitative estimate of drug-likeness (QED) is 0.779. The zero-order valence-electron chi connectivity index (χ0n) is 12.5. The lowest BCUT2D eigenvalue weighted by Gasteiger charge is -2.16. The summed E-state index contributed by atoms with van der Waals surface area (Å²) in [6.07, 6.45) is 0. The molecule has 3 nitrogen and oxygen atoms in total. The minimum absolute atomic E-state index is 0.285. The summed E-state index contributed by atoms with van der Waals surface area (Å²) in [5.41, 5.74) is 2.71. The summed E-state index contributed by atoms with van der Waals surface area (Å²) in [6, 6.07) is 8.35. The van der Waals surface area contributed by atoms with Crippen LogP contribution in [-0.4, -0.2) is 12.2 Å². The fraction of sp³-hybridized carbons (Fsp3) is 0.188. The van der Waals surface area contributed by atoms with E-state index in [1.807, 2.05) is 13.0 Å². The van der Waals surface area contributed by atoms with Crippen molar-refractivity contribution in [3.8, 4) is 5.75 Å². The number of hydrogen-bond donors (Lipinski definition) is 2. The predicted octanol–water partition coefficient (Wildman–Crippen LogP) is 4.91. The van der Waals surface area contributed by atoms with Crippen LogP contribution in [-0.2, 0) is 0 Å². The molecule has 0 aliphatic heterocycles. The molecule has 0 unspecified atom stereocenters. The van der Waals surface area contributed by atoms with Crippen LogP contribution in [0.2, 0.25) is 5.02 Å². The SMILES string of the molecule is COc1cc(Cl)c(C)cc1NC(=S)Nc1cccc(F)c1C. The lowest BCUT2D eigenvalue weighted by molar-refractivity contribution is 0.417. The molecule has 2 aromatic rings. The van der Waals surface area contributed by atoms with E-state index < -0.39 is 0 Å². The van der Waals surface area contributed by atoms with Gasteiger partial charge in [0, 0.05) is 22.3 Å². The Balaban J connectivity index is 2.19. The van der Waals surface area contributed by atoms with Gasteiger partial charge >= 0.3 is 0 Å². The van der Waals surface area contributed by atoms with Crippen molar-refractivity contribution >= 4 is 40.3 Å². The summed E-state index contributed by atoms with van der Waals surface area (Å²) in [5, 5.41) is 6.97. The highest BCUT2D eigenvalue weighted by Crippen LogP contribution is 2.31. The third-order valence-corrected chi connectivity index (χ3v) is 3.86. The topological polar surface area (TPSA) is 33.3 Å². The molecule has 0 aliphatic rings. The number of ether oxygens (including phenoxy) is 1. The Bertz CT molecular complexity index is 722. The first-order valence-electron chi connectivity index (χ1n) is 6.59. The van der Waals surface area contributed by atoms with Gasteiger partial charge in [-0.2, -0.15) is 0 Å². The second-order valence-corrected chi connectivity index (χ2v) is 5.61. The van der Waals surface area contributed by atoms with Crippen LogP contribution in [0.25, 0.3) is 0 Å². The Kier molecular flexibility index (Phi) is 5.21. The zero-order valence-corrected chi connectivity index (χ0v) is 14.0. The molecule has 0 heterocycles. The van der Waals surface area contributed by atoms with Crippen molar-refractivity contribution in [1.82, 2.24) is 0 Å². The van der Waals surface area contributed by atoms with E-state index in [-0.39, 0.29) is 5.82 Å². The Morgan fingerprint density at radius 3 is 2.55 bits per heavy atom. The molecule has 0 saturated carbocycles. The van der Waals surface area contributed by atoms with Gasteiger partial charge in [0.2, 0.25) is 0 Å². The van der Waals surface area contributed by atoms with Gasteiger partial charge < -0.3 is 15.4 Å². The average molecular weight is 339 g/mol. The second kappa shape index (κ2) is 6.94. The highest BCUT2D eigenvalue weighted by atomic mass is 35.5. The number of hydrogen-bond acceptors (Lipinski definition) is 2. The number of nitrogens with one attached hydrogen (secondary N) is 2.